The highest BCUT2D eigenvalue weighted by Gasteiger charge is 2.32. The molecule has 1 saturated heterocycles. The Hall–Kier alpha value is -2.87. The Balaban J connectivity index is 1.78. The molecule has 0 aliphatic carbocycles. The molecule has 158 valence electrons. The number of pyridine rings is 1. The SMILES string of the molecule is Cc1cccc2ncc(C(CC(=O)N3CCOCC3)c3cccc(C(F)(F)F)c3)n12. The van der Waals surface area contributed by atoms with Crippen LogP contribution in [-0.4, -0.2) is 46.5 Å². The standard InChI is InChI=1S/C22H22F3N3O2/c1-15-4-2-7-20-26-14-19(28(15)20)18(13-21(29)27-8-10-30-11-9-27)16-5-3-6-17(12-16)22(23,24)25/h2-7,12,14,18H,8-11,13H2,1H3. The monoisotopic (exact) mass is 417 g/mol. The van der Waals surface area contributed by atoms with Crippen molar-refractivity contribution < 1.29 is 22.7 Å². The van der Waals surface area contributed by atoms with E-state index in [-0.39, 0.29) is 12.3 Å². The summed E-state index contributed by atoms with van der Waals surface area (Å²) >= 11 is 0. The molecule has 3 heterocycles. The van der Waals surface area contributed by atoms with Crippen molar-refractivity contribution in [2.45, 2.75) is 25.4 Å². The summed E-state index contributed by atoms with van der Waals surface area (Å²) in [5, 5.41) is 0. The number of morpholine rings is 1. The molecule has 1 aromatic carbocycles. The van der Waals surface area contributed by atoms with Gasteiger partial charge in [0, 0.05) is 37.3 Å². The van der Waals surface area contributed by atoms with Crippen molar-refractivity contribution in [1.82, 2.24) is 14.3 Å². The Labute approximate surface area is 172 Å². The number of halogens is 3. The normalized spacial score (nSPS) is 16.1. The summed E-state index contributed by atoms with van der Waals surface area (Å²) in [7, 11) is 0. The maximum absolute atomic E-state index is 13.3. The number of ether oxygens (including phenoxy) is 1. The molecular weight excluding hydrogens is 395 g/mol. The van der Waals surface area contributed by atoms with Gasteiger partial charge in [0.2, 0.25) is 5.91 Å². The molecule has 1 aliphatic heterocycles. The van der Waals surface area contributed by atoms with Crippen LogP contribution in [0.5, 0.6) is 0 Å². The number of hydrogen-bond acceptors (Lipinski definition) is 3. The number of carbonyl (C=O) groups excluding carboxylic acids is 1. The molecule has 4 rings (SSSR count). The molecule has 3 aromatic rings. The molecule has 0 radical (unpaired) electrons. The number of alkyl halides is 3. The number of fused-ring (bicyclic) bond motifs is 1. The Kier molecular flexibility index (Phi) is 5.51. The van der Waals surface area contributed by atoms with Gasteiger partial charge in [0.05, 0.1) is 24.5 Å². The van der Waals surface area contributed by atoms with E-state index in [1.165, 1.54) is 6.07 Å². The number of benzene rings is 1. The summed E-state index contributed by atoms with van der Waals surface area (Å²) in [6.07, 6.45) is -2.74. The second-order valence-electron chi connectivity index (χ2n) is 7.42. The fourth-order valence-electron chi connectivity index (χ4n) is 3.92. The highest BCUT2D eigenvalue weighted by atomic mass is 19.4. The van der Waals surface area contributed by atoms with E-state index >= 15 is 0 Å². The number of carbonyl (C=O) groups is 1. The maximum atomic E-state index is 13.3. The predicted molar refractivity (Wildman–Crippen MR) is 105 cm³/mol. The van der Waals surface area contributed by atoms with Crippen molar-refractivity contribution in [2.75, 3.05) is 26.3 Å². The lowest BCUT2D eigenvalue weighted by Gasteiger charge is -2.29. The molecule has 30 heavy (non-hydrogen) atoms. The van der Waals surface area contributed by atoms with Crippen molar-refractivity contribution in [3.63, 3.8) is 0 Å². The van der Waals surface area contributed by atoms with Crippen LogP contribution in [0.1, 0.15) is 34.9 Å². The molecule has 0 bridgehead atoms. The zero-order chi connectivity index (χ0) is 21.3. The fraction of sp³-hybridized carbons (Fsp3) is 0.364. The molecule has 8 heteroatoms. The van der Waals surface area contributed by atoms with Gasteiger partial charge in [-0.25, -0.2) is 4.98 Å². The molecule has 1 unspecified atom stereocenters. The Bertz CT molecular complexity index is 1060. The van der Waals surface area contributed by atoms with Crippen LogP contribution in [0.25, 0.3) is 5.65 Å². The van der Waals surface area contributed by atoms with E-state index in [0.29, 0.717) is 43.2 Å². The number of aromatic nitrogens is 2. The van der Waals surface area contributed by atoms with E-state index in [0.717, 1.165) is 17.8 Å². The number of rotatable bonds is 4. The Morgan fingerprint density at radius 3 is 2.63 bits per heavy atom. The number of amides is 1. The van der Waals surface area contributed by atoms with Crippen LogP contribution in [0, 0.1) is 6.92 Å². The van der Waals surface area contributed by atoms with Gasteiger partial charge in [-0.3, -0.25) is 4.79 Å². The van der Waals surface area contributed by atoms with E-state index in [4.69, 9.17) is 4.74 Å². The van der Waals surface area contributed by atoms with Crippen LogP contribution in [0.2, 0.25) is 0 Å². The number of imidazole rings is 1. The van der Waals surface area contributed by atoms with Crippen LogP contribution in [0.15, 0.2) is 48.7 Å². The number of nitrogens with zero attached hydrogens (tertiary/aromatic N) is 3. The van der Waals surface area contributed by atoms with Gasteiger partial charge >= 0.3 is 6.18 Å². The molecule has 0 saturated carbocycles. The summed E-state index contributed by atoms with van der Waals surface area (Å²) in [4.78, 5) is 19.1. The average molecular weight is 417 g/mol. The van der Waals surface area contributed by atoms with Gasteiger partial charge in [0.1, 0.15) is 5.65 Å². The summed E-state index contributed by atoms with van der Waals surface area (Å²) in [6, 6.07) is 10.8. The smallest absolute Gasteiger partial charge is 0.378 e. The fourth-order valence-corrected chi connectivity index (χ4v) is 3.92. The molecule has 0 spiro atoms. The lowest BCUT2D eigenvalue weighted by Crippen LogP contribution is -2.41. The van der Waals surface area contributed by atoms with Gasteiger partial charge in [-0.15, -0.1) is 0 Å². The lowest BCUT2D eigenvalue weighted by molar-refractivity contribution is -0.137. The molecule has 1 atom stereocenters. The molecular formula is C22H22F3N3O2. The molecule has 5 nitrogen and oxygen atoms in total. The molecule has 1 amide bonds. The van der Waals surface area contributed by atoms with E-state index in [9.17, 15) is 18.0 Å². The van der Waals surface area contributed by atoms with Gasteiger partial charge in [-0.2, -0.15) is 13.2 Å². The quantitative estimate of drug-likeness (QED) is 0.644. The van der Waals surface area contributed by atoms with E-state index < -0.39 is 17.7 Å². The molecule has 1 aliphatic rings. The van der Waals surface area contributed by atoms with Gasteiger partial charge in [0.15, 0.2) is 0 Å². The molecule has 2 aromatic heterocycles. The van der Waals surface area contributed by atoms with Crippen LogP contribution >= 0.6 is 0 Å². The van der Waals surface area contributed by atoms with E-state index in [2.05, 4.69) is 4.98 Å². The van der Waals surface area contributed by atoms with Crippen LogP contribution in [0.3, 0.4) is 0 Å². The number of hydrogen-bond donors (Lipinski definition) is 0. The summed E-state index contributed by atoms with van der Waals surface area (Å²) < 4.78 is 47.2. The van der Waals surface area contributed by atoms with Crippen LogP contribution in [0.4, 0.5) is 13.2 Å². The van der Waals surface area contributed by atoms with Crippen LogP contribution < -0.4 is 0 Å². The Morgan fingerprint density at radius 2 is 1.90 bits per heavy atom. The van der Waals surface area contributed by atoms with Crippen molar-refractivity contribution in [1.29, 1.82) is 0 Å². The first-order valence-electron chi connectivity index (χ1n) is 9.80. The lowest BCUT2D eigenvalue weighted by atomic mass is 9.90. The molecule has 1 fully saturated rings. The van der Waals surface area contributed by atoms with Crippen LogP contribution in [-0.2, 0) is 15.7 Å². The second-order valence-corrected chi connectivity index (χ2v) is 7.42. The highest BCUT2D eigenvalue weighted by Crippen LogP contribution is 2.35. The van der Waals surface area contributed by atoms with Gasteiger partial charge in [-0.05, 0) is 30.7 Å². The first kappa shape index (κ1) is 20.4. The average Bonchev–Trinajstić information content (AvgIpc) is 3.17. The van der Waals surface area contributed by atoms with E-state index in [1.54, 1.807) is 17.2 Å². The van der Waals surface area contributed by atoms with Gasteiger partial charge in [0.25, 0.3) is 0 Å². The van der Waals surface area contributed by atoms with E-state index in [1.807, 2.05) is 29.5 Å². The van der Waals surface area contributed by atoms with Crippen molar-refractivity contribution in [3.8, 4) is 0 Å². The number of aryl methyl sites for hydroxylation is 1. The minimum absolute atomic E-state index is 0.0590. The Morgan fingerprint density at radius 1 is 1.17 bits per heavy atom. The van der Waals surface area contributed by atoms with Crippen molar-refractivity contribution >= 4 is 11.6 Å². The summed E-state index contributed by atoms with van der Waals surface area (Å²) in [6.45, 7) is 3.81. The highest BCUT2D eigenvalue weighted by molar-refractivity contribution is 5.78. The third-order valence-corrected chi connectivity index (χ3v) is 5.47. The predicted octanol–water partition coefficient (Wildman–Crippen LogP) is 4.04. The van der Waals surface area contributed by atoms with Crippen molar-refractivity contribution in [3.05, 3.63) is 71.2 Å². The van der Waals surface area contributed by atoms with Gasteiger partial charge < -0.3 is 14.0 Å². The molecule has 0 N–H and O–H groups in total. The third-order valence-electron chi connectivity index (χ3n) is 5.47. The third kappa shape index (κ3) is 4.05. The zero-order valence-electron chi connectivity index (χ0n) is 16.5. The minimum atomic E-state index is -4.45. The summed E-state index contributed by atoms with van der Waals surface area (Å²) in [5.41, 5.74) is 2.01. The van der Waals surface area contributed by atoms with Crippen molar-refractivity contribution in [2.24, 2.45) is 0 Å². The minimum Gasteiger partial charge on any atom is -0.378 e. The topological polar surface area (TPSA) is 46.8 Å². The zero-order valence-corrected chi connectivity index (χ0v) is 16.5. The first-order valence-corrected chi connectivity index (χ1v) is 9.80. The second kappa shape index (κ2) is 8.10. The first-order chi connectivity index (χ1) is 14.3. The maximum Gasteiger partial charge on any atom is 0.416 e. The summed E-state index contributed by atoms with van der Waals surface area (Å²) in [5.74, 6) is -0.664. The largest absolute Gasteiger partial charge is 0.416 e. The van der Waals surface area contributed by atoms with Gasteiger partial charge in [-0.1, -0.05) is 24.3 Å².